The monoisotopic (exact) mass is 218 g/mol. The number of nitrogens with two attached hydrogens (primary N) is 1. The van der Waals surface area contributed by atoms with Gasteiger partial charge in [-0.15, -0.1) is 0 Å². The zero-order valence-corrected chi connectivity index (χ0v) is 10.1. The quantitative estimate of drug-likeness (QED) is 0.765. The summed E-state index contributed by atoms with van der Waals surface area (Å²) in [6.45, 7) is 3.23. The molecule has 0 heterocycles. The fraction of sp³-hybridized carbons (Fsp3) is 0.571. The molecule has 1 aromatic rings. The molecule has 1 aliphatic carbocycles. The molecule has 2 nitrogen and oxygen atoms in total. The second-order valence-corrected chi connectivity index (χ2v) is 5.17. The Hall–Kier alpha value is -1.02. The average molecular weight is 218 g/mol. The fourth-order valence-corrected chi connectivity index (χ4v) is 2.51. The Morgan fingerprint density at radius 3 is 2.56 bits per heavy atom. The Morgan fingerprint density at radius 2 is 1.88 bits per heavy atom. The summed E-state index contributed by atoms with van der Waals surface area (Å²) in [4.78, 5) is 0. The third-order valence-electron chi connectivity index (χ3n) is 3.72. The van der Waals surface area contributed by atoms with Crippen LogP contribution in [0.1, 0.15) is 44.6 Å². The van der Waals surface area contributed by atoms with Crippen molar-refractivity contribution in [3.8, 4) is 0 Å². The molecule has 0 aliphatic heterocycles. The minimum atomic E-state index is 0.320. The van der Waals surface area contributed by atoms with Gasteiger partial charge in [0.15, 0.2) is 0 Å². The third-order valence-corrected chi connectivity index (χ3v) is 3.72. The van der Waals surface area contributed by atoms with Crippen LogP contribution < -0.4 is 11.1 Å². The van der Waals surface area contributed by atoms with Crippen molar-refractivity contribution in [3.63, 3.8) is 0 Å². The minimum absolute atomic E-state index is 0.320. The van der Waals surface area contributed by atoms with Gasteiger partial charge < -0.3 is 11.1 Å². The van der Waals surface area contributed by atoms with Crippen LogP contribution in [0.3, 0.4) is 0 Å². The molecule has 0 spiro atoms. The van der Waals surface area contributed by atoms with E-state index in [-0.39, 0.29) is 0 Å². The summed E-state index contributed by atoms with van der Waals surface area (Å²) >= 11 is 0. The van der Waals surface area contributed by atoms with Crippen molar-refractivity contribution >= 4 is 5.69 Å². The smallest absolute Gasteiger partial charge is 0.0359 e. The van der Waals surface area contributed by atoms with E-state index in [1.54, 1.807) is 0 Å². The van der Waals surface area contributed by atoms with Crippen molar-refractivity contribution in [2.24, 2.45) is 0 Å². The molecule has 1 fully saturated rings. The van der Waals surface area contributed by atoms with Gasteiger partial charge in [-0.05, 0) is 31.4 Å². The highest BCUT2D eigenvalue weighted by Crippen LogP contribution is 2.28. The zero-order chi connectivity index (χ0) is 11.4. The summed E-state index contributed by atoms with van der Waals surface area (Å²) in [7, 11) is 0. The predicted molar refractivity (Wildman–Crippen MR) is 69.2 cm³/mol. The van der Waals surface area contributed by atoms with Crippen LogP contribution in [0, 0.1) is 0 Å². The van der Waals surface area contributed by atoms with E-state index in [0.29, 0.717) is 5.54 Å². The first-order chi connectivity index (χ1) is 7.70. The maximum Gasteiger partial charge on any atom is 0.0359 e. The van der Waals surface area contributed by atoms with E-state index >= 15 is 0 Å². The zero-order valence-electron chi connectivity index (χ0n) is 10.1. The molecule has 2 heteroatoms. The molecule has 16 heavy (non-hydrogen) atoms. The van der Waals surface area contributed by atoms with Gasteiger partial charge in [0.1, 0.15) is 0 Å². The molecule has 0 bridgehead atoms. The van der Waals surface area contributed by atoms with Crippen LogP contribution in [0.5, 0.6) is 0 Å². The van der Waals surface area contributed by atoms with E-state index in [1.807, 2.05) is 12.1 Å². The van der Waals surface area contributed by atoms with Crippen LogP contribution in [0.15, 0.2) is 24.3 Å². The largest absolute Gasteiger partial charge is 0.398 e. The Labute approximate surface area is 98.2 Å². The predicted octanol–water partition coefficient (Wildman–Crippen LogP) is 3.08. The van der Waals surface area contributed by atoms with Gasteiger partial charge in [0.2, 0.25) is 0 Å². The lowest BCUT2D eigenvalue weighted by atomic mass is 9.83. The number of rotatable bonds is 3. The molecule has 0 aromatic heterocycles. The molecular formula is C14H22N2. The first-order valence-corrected chi connectivity index (χ1v) is 6.28. The highest BCUT2D eigenvalue weighted by molar-refractivity contribution is 5.46. The van der Waals surface area contributed by atoms with Crippen LogP contribution >= 0.6 is 0 Å². The lowest BCUT2D eigenvalue weighted by molar-refractivity contribution is 0.252. The normalized spacial score (nSPS) is 19.6. The van der Waals surface area contributed by atoms with E-state index in [0.717, 1.165) is 12.2 Å². The molecule has 3 N–H and O–H groups in total. The average Bonchev–Trinajstić information content (AvgIpc) is 2.29. The number of hydrogen-bond donors (Lipinski definition) is 2. The Bertz CT molecular complexity index is 340. The number of para-hydroxylation sites is 1. The second-order valence-electron chi connectivity index (χ2n) is 5.17. The van der Waals surface area contributed by atoms with Crippen molar-refractivity contribution in [1.29, 1.82) is 0 Å². The van der Waals surface area contributed by atoms with Gasteiger partial charge in [-0.1, -0.05) is 37.5 Å². The second kappa shape index (κ2) is 4.88. The van der Waals surface area contributed by atoms with E-state index in [4.69, 9.17) is 5.73 Å². The molecule has 0 unspecified atom stereocenters. The lowest BCUT2D eigenvalue weighted by Crippen LogP contribution is -2.43. The van der Waals surface area contributed by atoms with Crippen molar-refractivity contribution in [2.45, 2.75) is 51.1 Å². The van der Waals surface area contributed by atoms with Gasteiger partial charge in [-0.2, -0.15) is 0 Å². The van der Waals surface area contributed by atoms with Gasteiger partial charge in [0.05, 0.1) is 0 Å². The molecular weight excluding hydrogens is 196 g/mol. The molecule has 0 radical (unpaired) electrons. The van der Waals surface area contributed by atoms with E-state index in [2.05, 4.69) is 24.4 Å². The van der Waals surface area contributed by atoms with Gasteiger partial charge in [-0.25, -0.2) is 0 Å². The third kappa shape index (κ3) is 2.76. The number of anilines is 1. The molecule has 88 valence electrons. The van der Waals surface area contributed by atoms with E-state index in [9.17, 15) is 0 Å². The summed E-state index contributed by atoms with van der Waals surface area (Å²) < 4.78 is 0. The Balaban J connectivity index is 1.94. The fourth-order valence-electron chi connectivity index (χ4n) is 2.51. The number of hydrogen-bond acceptors (Lipinski definition) is 2. The van der Waals surface area contributed by atoms with Crippen LogP contribution in [-0.4, -0.2) is 5.54 Å². The summed E-state index contributed by atoms with van der Waals surface area (Å²) in [5.74, 6) is 0. The summed E-state index contributed by atoms with van der Waals surface area (Å²) in [5, 5.41) is 3.68. The van der Waals surface area contributed by atoms with Crippen molar-refractivity contribution in [3.05, 3.63) is 29.8 Å². The topological polar surface area (TPSA) is 38.0 Å². The molecule has 1 saturated carbocycles. The van der Waals surface area contributed by atoms with Gasteiger partial charge in [-0.3, -0.25) is 0 Å². The molecule has 0 amide bonds. The standard InChI is InChI=1S/C14H22N2/c1-14(9-5-2-6-10-14)16-11-12-7-3-4-8-13(12)15/h3-4,7-8,16H,2,5-6,9-11,15H2,1H3. The minimum Gasteiger partial charge on any atom is -0.398 e. The van der Waals surface area contributed by atoms with Crippen LogP contribution in [0.4, 0.5) is 5.69 Å². The highest BCUT2D eigenvalue weighted by Gasteiger charge is 2.25. The number of nitrogens with one attached hydrogen (secondary N) is 1. The molecule has 0 atom stereocenters. The first kappa shape index (κ1) is 11.5. The highest BCUT2D eigenvalue weighted by atomic mass is 15.0. The van der Waals surface area contributed by atoms with Crippen molar-refractivity contribution < 1.29 is 0 Å². The lowest BCUT2D eigenvalue weighted by Gasteiger charge is -2.35. The Kier molecular flexibility index (Phi) is 3.49. The van der Waals surface area contributed by atoms with Gasteiger partial charge in [0.25, 0.3) is 0 Å². The Morgan fingerprint density at radius 1 is 1.19 bits per heavy atom. The van der Waals surface area contributed by atoms with Crippen LogP contribution in [0.25, 0.3) is 0 Å². The molecule has 0 saturated heterocycles. The number of nitrogen functional groups attached to an aromatic ring is 1. The van der Waals surface area contributed by atoms with E-state index in [1.165, 1.54) is 37.7 Å². The van der Waals surface area contributed by atoms with E-state index < -0.39 is 0 Å². The summed E-state index contributed by atoms with van der Waals surface area (Å²) in [6, 6.07) is 8.12. The molecule has 2 rings (SSSR count). The van der Waals surface area contributed by atoms with Gasteiger partial charge >= 0.3 is 0 Å². The SMILES string of the molecule is CC1(NCc2ccccc2N)CCCCC1. The maximum absolute atomic E-state index is 5.94. The van der Waals surface area contributed by atoms with Crippen molar-refractivity contribution in [2.75, 3.05) is 5.73 Å². The first-order valence-electron chi connectivity index (χ1n) is 6.28. The molecule has 1 aliphatic rings. The van der Waals surface area contributed by atoms with Crippen LogP contribution in [0.2, 0.25) is 0 Å². The summed E-state index contributed by atoms with van der Waals surface area (Å²) in [5.41, 5.74) is 8.37. The number of benzene rings is 1. The van der Waals surface area contributed by atoms with Crippen molar-refractivity contribution in [1.82, 2.24) is 5.32 Å². The van der Waals surface area contributed by atoms with Gasteiger partial charge in [0, 0.05) is 17.8 Å². The molecule has 1 aromatic carbocycles. The summed E-state index contributed by atoms with van der Waals surface area (Å²) in [6.07, 6.45) is 6.69. The van der Waals surface area contributed by atoms with Crippen LogP contribution in [-0.2, 0) is 6.54 Å². The maximum atomic E-state index is 5.94.